The number of allylic oxidation sites excluding steroid dienone is 1. The number of fused-ring (bicyclic) bond motifs is 1. The maximum absolute atomic E-state index is 10.6. The van der Waals surface area contributed by atoms with E-state index in [9.17, 15) is 5.11 Å². The van der Waals surface area contributed by atoms with Crippen molar-refractivity contribution in [3.8, 4) is 11.5 Å². The van der Waals surface area contributed by atoms with Gasteiger partial charge in [-0.25, -0.2) is 0 Å². The van der Waals surface area contributed by atoms with E-state index in [1.165, 1.54) is 4.70 Å². The van der Waals surface area contributed by atoms with Gasteiger partial charge in [-0.05, 0) is 41.6 Å². The number of benzene rings is 2. The average molecular weight is 440 g/mol. The third-order valence-electron chi connectivity index (χ3n) is 4.90. The van der Waals surface area contributed by atoms with Crippen molar-refractivity contribution < 1.29 is 14.6 Å². The van der Waals surface area contributed by atoms with Crippen LogP contribution in [-0.4, -0.2) is 38.9 Å². The first-order valence-electron chi connectivity index (χ1n) is 10.0. The highest BCUT2D eigenvalue weighted by molar-refractivity contribution is 7.19. The summed E-state index contributed by atoms with van der Waals surface area (Å²) in [6, 6.07) is 14.2. The second-order valence-electron chi connectivity index (χ2n) is 6.99. The molecule has 0 saturated carbocycles. The van der Waals surface area contributed by atoms with Crippen molar-refractivity contribution in [3.63, 3.8) is 0 Å². The van der Waals surface area contributed by atoms with Crippen molar-refractivity contribution in [1.29, 1.82) is 0 Å². The summed E-state index contributed by atoms with van der Waals surface area (Å²) in [7, 11) is 4.97. The lowest BCUT2D eigenvalue weighted by Crippen LogP contribution is -2.38. The van der Waals surface area contributed by atoms with Gasteiger partial charge in [0.15, 0.2) is 17.5 Å². The highest BCUT2D eigenvalue weighted by Gasteiger charge is 2.14. The van der Waals surface area contributed by atoms with Crippen LogP contribution in [0, 0.1) is 0 Å². The smallest absolute Gasteiger partial charge is 0.191 e. The number of hydrogen-bond acceptors (Lipinski definition) is 5. The normalized spacial score (nSPS) is 12.5. The minimum absolute atomic E-state index is 0.361. The molecule has 1 aromatic heterocycles. The molecule has 6 nitrogen and oxygen atoms in total. The van der Waals surface area contributed by atoms with Crippen molar-refractivity contribution in [1.82, 2.24) is 10.6 Å². The van der Waals surface area contributed by atoms with Crippen LogP contribution in [0.4, 0.5) is 0 Å². The van der Waals surface area contributed by atoms with Gasteiger partial charge < -0.3 is 25.2 Å². The molecule has 0 aliphatic rings. The van der Waals surface area contributed by atoms with Gasteiger partial charge in [0.1, 0.15) is 6.10 Å². The zero-order valence-electron chi connectivity index (χ0n) is 18.1. The van der Waals surface area contributed by atoms with Gasteiger partial charge in [-0.3, -0.25) is 4.99 Å². The molecule has 0 radical (unpaired) electrons. The predicted octanol–water partition coefficient (Wildman–Crippen LogP) is 4.05. The molecular weight excluding hydrogens is 410 g/mol. The highest BCUT2D eigenvalue weighted by atomic mass is 32.1. The van der Waals surface area contributed by atoms with E-state index in [0.29, 0.717) is 31.2 Å². The number of rotatable bonds is 9. The fourth-order valence-corrected chi connectivity index (χ4v) is 4.43. The number of thiophene rings is 1. The second kappa shape index (κ2) is 10.8. The Bertz CT molecular complexity index is 1030. The molecule has 0 bridgehead atoms. The summed E-state index contributed by atoms with van der Waals surface area (Å²) in [5.41, 5.74) is 2.04. The zero-order chi connectivity index (χ0) is 22.2. The maximum Gasteiger partial charge on any atom is 0.191 e. The summed E-state index contributed by atoms with van der Waals surface area (Å²) < 4.78 is 12.1. The van der Waals surface area contributed by atoms with Crippen molar-refractivity contribution in [2.24, 2.45) is 4.99 Å². The fourth-order valence-electron chi connectivity index (χ4n) is 3.38. The molecule has 7 heteroatoms. The Morgan fingerprint density at radius 2 is 2.00 bits per heavy atom. The average Bonchev–Trinajstić information content (AvgIpc) is 3.23. The number of guanidine groups is 1. The van der Waals surface area contributed by atoms with Gasteiger partial charge >= 0.3 is 0 Å². The zero-order valence-corrected chi connectivity index (χ0v) is 19.0. The van der Waals surface area contributed by atoms with Crippen LogP contribution in [0.25, 0.3) is 10.1 Å². The molecule has 0 aliphatic heterocycles. The largest absolute Gasteiger partial charge is 0.493 e. The van der Waals surface area contributed by atoms with E-state index in [1.54, 1.807) is 32.6 Å². The number of aliphatic hydroxyl groups excluding tert-OH is 1. The van der Waals surface area contributed by atoms with E-state index < -0.39 is 6.10 Å². The molecule has 0 spiro atoms. The van der Waals surface area contributed by atoms with Crippen molar-refractivity contribution in [2.45, 2.75) is 19.1 Å². The van der Waals surface area contributed by atoms with Gasteiger partial charge in [-0.2, -0.15) is 0 Å². The van der Waals surface area contributed by atoms with Crippen molar-refractivity contribution in [2.75, 3.05) is 27.8 Å². The lowest BCUT2D eigenvalue weighted by molar-refractivity contribution is 0.184. The molecule has 3 aromatic rings. The highest BCUT2D eigenvalue weighted by Crippen LogP contribution is 2.33. The number of nitrogens with one attached hydrogen (secondary N) is 2. The number of methoxy groups -OCH3 is 2. The van der Waals surface area contributed by atoms with Gasteiger partial charge in [0, 0.05) is 35.3 Å². The summed E-state index contributed by atoms with van der Waals surface area (Å²) in [6.07, 6.45) is 1.91. The van der Waals surface area contributed by atoms with Gasteiger partial charge in [0.25, 0.3) is 0 Å². The Morgan fingerprint density at radius 3 is 2.68 bits per heavy atom. The van der Waals surface area contributed by atoms with Gasteiger partial charge in [0.2, 0.25) is 0 Å². The van der Waals surface area contributed by atoms with Crippen LogP contribution in [0.15, 0.2) is 60.1 Å². The Labute approximate surface area is 187 Å². The predicted molar refractivity (Wildman–Crippen MR) is 128 cm³/mol. The first kappa shape index (κ1) is 22.7. The van der Waals surface area contributed by atoms with Crippen LogP contribution >= 0.6 is 11.3 Å². The van der Waals surface area contributed by atoms with Crippen LogP contribution in [-0.2, 0) is 13.0 Å². The summed E-state index contributed by atoms with van der Waals surface area (Å²) >= 11 is 1.60. The van der Waals surface area contributed by atoms with Crippen LogP contribution in [0.3, 0.4) is 0 Å². The quantitative estimate of drug-likeness (QED) is 0.267. The maximum atomic E-state index is 10.6. The molecule has 2 aromatic carbocycles. The van der Waals surface area contributed by atoms with Crippen LogP contribution in [0.5, 0.6) is 11.5 Å². The fraction of sp³-hybridized carbons (Fsp3) is 0.292. The lowest BCUT2D eigenvalue weighted by Gasteiger charge is -2.17. The van der Waals surface area contributed by atoms with Gasteiger partial charge in [-0.15, -0.1) is 17.9 Å². The van der Waals surface area contributed by atoms with E-state index in [2.05, 4.69) is 40.4 Å². The Balaban J connectivity index is 1.62. The topological polar surface area (TPSA) is 75.1 Å². The first-order valence-corrected chi connectivity index (χ1v) is 10.9. The molecule has 0 aliphatic carbocycles. The van der Waals surface area contributed by atoms with E-state index >= 15 is 0 Å². The molecule has 31 heavy (non-hydrogen) atoms. The number of nitrogens with zero attached hydrogens (tertiary/aromatic N) is 1. The minimum Gasteiger partial charge on any atom is -0.493 e. The number of aliphatic hydroxyl groups is 1. The monoisotopic (exact) mass is 439 g/mol. The summed E-state index contributed by atoms with van der Waals surface area (Å²) in [6.45, 7) is 4.73. The molecule has 3 N–H and O–H groups in total. The van der Waals surface area contributed by atoms with Gasteiger partial charge in [-0.1, -0.05) is 24.3 Å². The SMILES string of the molecule is C=CCc1cc(CNC(=NC)NCC(O)c2cc3ccccc3s2)cc(OC)c1OC. The summed E-state index contributed by atoms with van der Waals surface area (Å²) in [5, 5.41) is 18.2. The molecule has 0 fully saturated rings. The third kappa shape index (κ3) is 5.57. The van der Waals surface area contributed by atoms with Crippen molar-refractivity contribution in [3.05, 3.63) is 71.1 Å². The minimum atomic E-state index is -0.615. The molecule has 1 unspecified atom stereocenters. The summed E-state index contributed by atoms with van der Waals surface area (Å²) in [5.74, 6) is 2.02. The molecule has 164 valence electrons. The Morgan fingerprint density at radius 1 is 1.19 bits per heavy atom. The molecule has 1 heterocycles. The van der Waals surface area contributed by atoms with E-state index in [1.807, 2.05) is 30.3 Å². The van der Waals surface area contributed by atoms with Crippen LogP contribution < -0.4 is 20.1 Å². The van der Waals surface area contributed by atoms with E-state index in [4.69, 9.17) is 9.47 Å². The third-order valence-corrected chi connectivity index (χ3v) is 6.12. The van der Waals surface area contributed by atoms with Crippen LogP contribution in [0.1, 0.15) is 22.1 Å². The summed E-state index contributed by atoms with van der Waals surface area (Å²) in [4.78, 5) is 5.19. The molecule has 1 atom stereocenters. The number of ether oxygens (including phenoxy) is 2. The first-order chi connectivity index (χ1) is 15.1. The lowest BCUT2D eigenvalue weighted by atomic mass is 10.1. The number of aliphatic imine (C=N–C) groups is 1. The van der Waals surface area contributed by atoms with Crippen LogP contribution in [0.2, 0.25) is 0 Å². The van der Waals surface area contributed by atoms with E-state index in [-0.39, 0.29) is 0 Å². The molecule has 0 saturated heterocycles. The van der Waals surface area contributed by atoms with Gasteiger partial charge in [0.05, 0.1) is 14.2 Å². The second-order valence-corrected chi connectivity index (χ2v) is 8.11. The molecule has 0 amide bonds. The molecular formula is C24H29N3O3S. The Kier molecular flexibility index (Phi) is 7.92. The van der Waals surface area contributed by atoms with E-state index in [0.717, 1.165) is 27.1 Å². The van der Waals surface area contributed by atoms with Crippen molar-refractivity contribution >= 4 is 27.4 Å². The Hall–Kier alpha value is -3.03. The molecule has 3 rings (SSSR count). The standard InChI is InChI=1S/C24H29N3O3S/c1-5-8-18-11-16(12-20(29-3)23(18)30-4)14-26-24(25-2)27-15-19(28)22-13-17-9-6-7-10-21(17)31-22/h5-7,9-13,19,28H,1,8,14-15H2,2-4H3,(H2,25,26,27). The number of hydrogen-bond donors (Lipinski definition) is 3.